The third kappa shape index (κ3) is 5.16. The van der Waals surface area contributed by atoms with Crippen LogP contribution in [0.1, 0.15) is 28.7 Å². The molecule has 0 N–H and O–H groups in total. The minimum Gasteiger partial charge on any atom is -0.309 e. The molecule has 2 aromatic carbocycles. The maximum atomic E-state index is 13.3. The molecule has 0 saturated heterocycles. The summed E-state index contributed by atoms with van der Waals surface area (Å²) in [5.41, 5.74) is 5.43. The van der Waals surface area contributed by atoms with E-state index < -0.39 is 0 Å². The number of halogens is 1. The van der Waals surface area contributed by atoms with Gasteiger partial charge in [0.15, 0.2) is 5.13 Å². The first-order valence-corrected chi connectivity index (χ1v) is 11.0. The summed E-state index contributed by atoms with van der Waals surface area (Å²) in [5, 5.41) is 1.41. The monoisotopic (exact) mass is 429 g/mol. The molecule has 0 atom stereocenters. The Hall–Kier alpha value is -1.95. The molecule has 0 aliphatic heterocycles. The molecule has 3 aromatic rings. The predicted octanol–water partition coefficient (Wildman–Crippen LogP) is 5.40. The molecule has 154 valence electrons. The maximum Gasteiger partial charge on any atom is 0.233 e. The van der Waals surface area contributed by atoms with Crippen molar-refractivity contribution < 1.29 is 4.79 Å². The second kappa shape index (κ2) is 9.24. The molecular formula is C23H28ClN3OS. The highest BCUT2D eigenvalue weighted by Crippen LogP contribution is 2.36. The average molecular weight is 430 g/mol. The average Bonchev–Trinajstić information content (AvgIpc) is 3.11. The third-order valence-electron chi connectivity index (χ3n) is 5.13. The Morgan fingerprint density at radius 2 is 1.76 bits per heavy atom. The fourth-order valence-corrected chi connectivity index (χ4v) is 4.62. The van der Waals surface area contributed by atoms with Crippen LogP contribution < -0.4 is 4.90 Å². The number of carbonyl (C=O) groups excluding carboxylic acids is 1. The molecule has 0 unspecified atom stereocenters. The number of hydrogen-bond donors (Lipinski definition) is 0. The van der Waals surface area contributed by atoms with E-state index in [0.717, 1.165) is 39.4 Å². The van der Waals surface area contributed by atoms with E-state index in [9.17, 15) is 4.79 Å². The van der Waals surface area contributed by atoms with Crippen LogP contribution >= 0.6 is 22.9 Å². The van der Waals surface area contributed by atoms with Crippen molar-refractivity contribution in [2.75, 3.05) is 32.1 Å². The van der Waals surface area contributed by atoms with E-state index in [2.05, 4.69) is 30.9 Å². The Morgan fingerprint density at radius 1 is 1.03 bits per heavy atom. The van der Waals surface area contributed by atoms with Gasteiger partial charge in [-0.05, 0) is 76.2 Å². The van der Waals surface area contributed by atoms with Gasteiger partial charge in [0.2, 0.25) is 5.91 Å². The SMILES string of the molecule is Cc1ccc(CC(=O)N(CCCN(C)C)c2nc3c(C)ccc(Cl)c3s2)cc1C. The molecule has 0 bridgehead atoms. The van der Waals surface area contributed by atoms with Gasteiger partial charge in [-0.15, -0.1) is 0 Å². The summed E-state index contributed by atoms with van der Waals surface area (Å²) in [5.74, 6) is 0.0693. The Labute approximate surface area is 182 Å². The molecule has 6 heteroatoms. The van der Waals surface area contributed by atoms with Gasteiger partial charge >= 0.3 is 0 Å². The van der Waals surface area contributed by atoms with E-state index in [1.807, 2.05) is 44.1 Å². The highest BCUT2D eigenvalue weighted by molar-refractivity contribution is 7.23. The lowest BCUT2D eigenvalue weighted by atomic mass is 10.0. The van der Waals surface area contributed by atoms with Crippen molar-refractivity contribution in [3.05, 3.63) is 57.6 Å². The van der Waals surface area contributed by atoms with Gasteiger partial charge in [0.05, 0.1) is 21.7 Å². The summed E-state index contributed by atoms with van der Waals surface area (Å²) in [6.07, 6.45) is 1.25. The summed E-state index contributed by atoms with van der Waals surface area (Å²) in [6, 6.07) is 10.1. The van der Waals surface area contributed by atoms with Crippen LogP contribution in [0.2, 0.25) is 5.02 Å². The number of aromatic nitrogens is 1. The zero-order chi connectivity index (χ0) is 21.1. The van der Waals surface area contributed by atoms with E-state index in [-0.39, 0.29) is 5.91 Å². The summed E-state index contributed by atoms with van der Waals surface area (Å²) < 4.78 is 0.943. The number of anilines is 1. The lowest BCUT2D eigenvalue weighted by Gasteiger charge is -2.21. The number of thiazole rings is 1. The van der Waals surface area contributed by atoms with Crippen LogP contribution in [0.25, 0.3) is 10.2 Å². The van der Waals surface area contributed by atoms with Gasteiger partial charge in [-0.3, -0.25) is 9.69 Å². The zero-order valence-electron chi connectivity index (χ0n) is 17.8. The van der Waals surface area contributed by atoms with Crippen molar-refractivity contribution in [1.82, 2.24) is 9.88 Å². The molecule has 1 aromatic heterocycles. The van der Waals surface area contributed by atoms with E-state index in [1.54, 1.807) is 0 Å². The number of nitrogens with zero attached hydrogens (tertiary/aromatic N) is 3. The number of rotatable bonds is 7. The van der Waals surface area contributed by atoms with Gasteiger partial charge in [0.1, 0.15) is 0 Å². The van der Waals surface area contributed by atoms with Gasteiger partial charge < -0.3 is 4.90 Å². The number of carbonyl (C=O) groups is 1. The molecule has 0 aliphatic carbocycles. The first kappa shape index (κ1) is 21.8. The van der Waals surface area contributed by atoms with Gasteiger partial charge in [0, 0.05) is 6.54 Å². The first-order chi connectivity index (χ1) is 13.8. The molecular weight excluding hydrogens is 402 g/mol. The fourth-order valence-electron chi connectivity index (χ4n) is 3.26. The molecule has 0 radical (unpaired) electrons. The molecule has 0 aliphatic rings. The number of aryl methyl sites for hydroxylation is 3. The van der Waals surface area contributed by atoms with Crippen molar-refractivity contribution in [3.8, 4) is 0 Å². The molecule has 1 amide bonds. The van der Waals surface area contributed by atoms with Crippen molar-refractivity contribution in [1.29, 1.82) is 0 Å². The quantitative estimate of drug-likeness (QED) is 0.504. The first-order valence-electron chi connectivity index (χ1n) is 9.83. The van der Waals surface area contributed by atoms with Crippen molar-refractivity contribution in [2.24, 2.45) is 0 Å². The number of benzene rings is 2. The van der Waals surface area contributed by atoms with Crippen LogP contribution in [-0.2, 0) is 11.2 Å². The van der Waals surface area contributed by atoms with Crippen molar-refractivity contribution in [3.63, 3.8) is 0 Å². The molecule has 29 heavy (non-hydrogen) atoms. The van der Waals surface area contributed by atoms with E-state index in [0.29, 0.717) is 18.0 Å². The standard InChI is InChI=1S/C23H28ClN3OS/c1-15-7-9-18(13-17(15)3)14-20(28)27(12-6-11-26(4)5)23-25-21-16(2)8-10-19(24)22(21)29-23/h7-10,13H,6,11-12,14H2,1-5H3. The minimum absolute atomic E-state index is 0.0693. The molecule has 4 nitrogen and oxygen atoms in total. The Bertz CT molecular complexity index is 989. The van der Waals surface area contributed by atoms with Gasteiger partial charge in [0.25, 0.3) is 0 Å². The molecule has 0 spiro atoms. The highest BCUT2D eigenvalue weighted by atomic mass is 35.5. The lowest BCUT2D eigenvalue weighted by molar-refractivity contribution is -0.118. The van der Waals surface area contributed by atoms with Crippen LogP contribution in [-0.4, -0.2) is 43.0 Å². The molecule has 0 saturated carbocycles. The topological polar surface area (TPSA) is 36.4 Å². The van der Waals surface area contributed by atoms with Crippen LogP contribution in [0.4, 0.5) is 5.13 Å². The largest absolute Gasteiger partial charge is 0.309 e. The lowest BCUT2D eigenvalue weighted by Crippen LogP contribution is -2.34. The summed E-state index contributed by atoms with van der Waals surface area (Å²) in [6.45, 7) is 7.74. The minimum atomic E-state index is 0.0693. The van der Waals surface area contributed by atoms with Crippen molar-refractivity contribution >= 4 is 44.2 Å². The fraction of sp³-hybridized carbons (Fsp3) is 0.391. The second-order valence-corrected chi connectivity index (χ2v) is 9.22. The zero-order valence-corrected chi connectivity index (χ0v) is 19.3. The van der Waals surface area contributed by atoms with Gasteiger partial charge in [-0.2, -0.15) is 0 Å². The van der Waals surface area contributed by atoms with Gasteiger partial charge in [-0.1, -0.05) is 47.2 Å². The van der Waals surface area contributed by atoms with Crippen LogP contribution in [0.15, 0.2) is 30.3 Å². The predicted molar refractivity (Wildman–Crippen MR) is 125 cm³/mol. The Balaban J connectivity index is 1.91. The van der Waals surface area contributed by atoms with Crippen LogP contribution in [0.5, 0.6) is 0 Å². The summed E-state index contributed by atoms with van der Waals surface area (Å²) in [4.78, 5) is 22.0. The molecule has 3 rings (SSSR count). The summed E-state index contributed by atoms with van der Waals surface area (Å²) >= 11 is 7.89. The second-order valence-electron chi connectivity index (χ2n) is 7.84. The van der Waals surface area contributed by atoms with E-state index >= 15 is 0 Å². The summed E-state index contributed by atoms with van der Waals surface area (Å²) in [7, 11) is 4.09. The maximum absolute atomic E-state index is 13.3. The van der Waals surface area contributed by atoms with Crippen LogP contribution in [0.3, 0.4) is 0 Å². The smallest absolute Gasteiger partial charge is 0.233 e. The highest BCUT2D eigenvalue weighted by Gasteiger charge is 2.21. The Morgan fingerprint density at radius 3 is 2.41 bits per heavy atom. The van der Waals surface area contributed by atoms with Gasteiger partial charge in [-0.25, -0.2) is 4.98 Å². The van der Waals surface area contributed by atoms with E-state index in [1.165, 1.54) is 22.5 Å². The van der Waals surface area contributed by atoms with E-state index in [4.69, 9.17) is 16.6 Å². The number of hydrogen-bond acceptors (Lipinski definition) is 4. The normalized spacial score (nSPS) is 11.4. The third-order valence-corrected chi connectivity index (χ3v) is 6.67. The molecule has 0 fully saturated rings. The number of fused-ring (bicyclic) bond motifs is 1. The van der Waals surface area contributed by atoms with Crippen molar-refractivity contribution in [2.45, 2.75) is 33.6 Å². The number of amides is 1. The Kier molecular flexibility index (Phi) is 6.93. The van der Waals surface area contributed by atoms with Crippen LogP contribution in [0, 0.1) is 20.8 Å². The molecule has 1 heterocycles.